The quantitative estimate of drug-likeness (QED) is 0.508. The van der Waals surface area contributed by atoms with Crippen LogP contribution in [-0.4, -0.2) is 52.8 Å². The van der Waals surface area contributed by atoms with Gasteiger partial charge in [-0.1, -0.05) is 18.2 Å². The molecule has 1 fully saturated rings. The van der Waals surface area contributed by atoms with Crippen LogP contribution < -0.4 is 19.3 Å². The number of sulfonamides is 1. The zero-order valence-corrected chi connectivity index (χ0v) is 20.8. The van der Waals surface area contributed by atoms with E-state index in [1.807, 2.05) is 49.1 Å². The Hall–Kier alpha value is -3.72. The molecular formula is C26H29N3O5S. The second kappa shape index (κ2) is 9.87. The van der Waals surface area contributed by atoms with E-state index in [1.54, 1.807) is 31.4 Å². The van der Waals surface area contributed by atoms with Gasteiger partial charge in [-0.05, 0) is 67.4 Å². The first-order valence-electron chi connectivity index (χ1n) is 11.3. The molecule has 0 bridgehead atoms. The summed E-state index contributed by atoms with van der Waals surface area (Å²) in [7, 11) is -2.22. The molecule has 1 aliphatic rings. The van der Waals surface area contributed by atoms with Gasteiger partial charge in [-0.25, -0.2) is 13.2 Å². The Balaban J connectivity index is 1.54. The van der Waals surface area contributed by atoms with Crippen LogP contribution >= 0.6 is 0 Å². The van der Waals surface area contributed by atoms with Gasteiger partial charge in [0.2, 0.25) is 0 Å². The Morgan fingerprint density at radius 3 is 2.09 bits per heavy atom. The summed E-state index contributed by atoms with van der Waals surface area (Å²) < 4.78 is 33.8. The summed E-state index contributed by atoms with van der Waals surface area (Å²) in [6.07, 6.45) is 0. The number of nitrogens with one attached hydrogen (secondary N) is 1. The number of hydrogen-bond acceptors (Lipinski definition) is 6. The van der Waals surface area contributed by atoms with Crippen molar-refractivity contribution in [2.24, 2.45) is 0 Å². The number of benzene rings is 3. The molecule has 4 rings (SSSR count). The summed E-state index contributed by atoms with van der Waals surface area (Å²) >= 11 is 0. The number of piperazine rings is 1. The van der Waals surface area contributed by atoms with E-state index in [0.29, 0.717) is 31.9 Å². The molecule has 9 heteroatoms. The first-order chi connectivity index (χ1) is 16.7. The number of hydrogen-bond donors (Lipinski definition) is 2. The number of carboxylic acid groups (broad SMARTS) is 1. The van der Waals surface area contributed by atoms with Gasteiger partial charge in [0.05, 0.1) is 28.9 Å². The van der Waals surface area contributed by atoms with E-state index in [9.17, 15) is 18.3 Å². The van der Waals surface area contributed by atoms with Gasteiger partial charge in [-0.3, -0.25) is 4.72 Å². The van der Waals surface area contributed by atoms with Gasteiger partial charge >= 0.3 is 5.97 Å². The summed E-state index contributed by atoms with van der Waals surface area (Å²) in [6, 6.07) is 17.5. The first kappa shape index (κ1) is 24.4. The highest BCUT2D eigenvalue weighted by Crippen LogP contribution is 2.31. The lowest BCUT2D eigenvalue weighted by atomic mass is 10.1. The fourth-order valence-corrected chi connectivity index (χ4v) is 5.67. The number of anilines is 3. The van der Waals surface area contributed by atoms with Crippen LogP contribution in [0.1, 0.15) is 21.5 Å². The summed E-state index contributed by atoms with van der Waals surface area (Å²) in [5.74, 6) is -0.313. The van der Waals surface area contributed by atoms with Crippen LogP contribution in [0.4, 0.5) is 17.1 Å². The zero-order chi connectivity index (χ0) is 25.2. The minimum absolute atomic E-state index is 0.0522. The molecule has 184 valence electrons. The third-order valence-electron chi connectivity index (χ3n) is 6.03. The highest BCUT2D eigenvalue weighted by atomic mass is 32.2. The predicted molar refractivity (Wildman–Crippen MR) is 138 cm³/mol. The Bertz CT molecular complexity index is 1330. The average molecular weight is 496 g/mol. The molecule has 35 heavy (non-hydrogen) atoms. The molecule has 0 aromatic heterocycles. The van der Waals surface area contributed by atoms with Crippen molar-refractivity contribution in [1.29, 1.82) is 0 Å². The normalized spacial score (nSPS) is 14.0. The van der Waals surface area contributed by atoms with Crippen molar-refractivity contribution in [3.05, 3.63) is 77.4 Å². The van der Waals surface area contributed by atoms with Crippen molar-refractivity contribution >= 4 is 33.1 Å². The van der Waals surface area contributed by atoms with Gasteiger partial charge in [0, 0.05) is 31.9 Å². The Kier molecular flexibility index (Phi) is 6.88. The fourth-order valence-electron chi connectivity index (χ4n) is 4.43. The Labute approximate surface area is 205 Å². The summed E-state index contributed by atoms with van der Waals surface area (Å²) in [4.78, 5) is 16.4. The van der Waals surface area contributed by atoms with Crippen LogP contribution in [0.3, 0.4) is 0 Å². The highest BCUT2D eigenvalue weighted by molar-refractivity contribution is 7.92. The van der Waals surface area contributed by atoms with Gasteiger partial charge in [-0.2, -0.15) is 0 Å². The van der Waals surface area contributed by atoms with Crippen molar-refractivity contribution < 1.29 is 23.1 Å². The summed E-state index contributed by atoms with van der Waals surface area (Å²) in [6.45, 7) is 6.28. The van der Waals surface area contributed by atoms with Crippen LogP contribution in [0.2, 0.25) is 0 Å². The third-order valence-corrected chi connectivity index (χ3v) is 7.39. The van der Waals surface area contributed by atoms with Crippen molar-refractivity contribution in [1.82, 2.24) is 0 Å². The molecule has 0 radical (unpaired) electrons. The molecule has 1 saturated heterocycles. The maximum absolute atomic E-state index is 12.9. The second-order valence-corrected chi connectivity index (χ2v) is 10.3. The highest BCUT2D eigenvalue weighted by Gasteiger charge is 2.24. The van der Waals surface area contributed by atoms with Crippen LogP contribution in [0.25, 0.3) is 0 Å². The lowest BCUT2D eigenvalue weighted by molar-refractivity contribution is 0.0697. The maximum Gasteiger partial charge on any atom is 0.337 e. The van der Waals surface area contributed by atoms with Crippen LogP contribution in [-0.2, 0) is 10.0 Å². The standard InChI is InChI=1S/C26H29N3O5S/c1-18-14-19(2)16-21(15-18)35(32,33)27-20-8-9-23(22(17-20)26(30)31)28-10-12-29(13-11-28)24-6-4-5-7-25(24)34-3/h4-9,14-17,27H,10-13H2,1-3H3,(H,30,31). The largest absolute Gasteiger partial charge is 0.495 e. The molecule has 1 heterocycles. The van der Waals surface area contributed by atoms with Crippen LogP contribution in [0.15, 0.2) is 65.6 Å². The van der Waals surface area contributed by atoms with E-state index in [2.05, 4.69) is 9.62 Å². The van der Waals surface area contributed by atoms with Gasteiger partial charge in [-0.15, -0.1) is 0 Å². The monoisotopic (exact) mass is 495 g/mol. The smallest absolute Gasteiger partial charge is 0.337 e. The first-order valence-corrected chi connectivity index (χ1v) is 12.8. The van der Waals surface area contributed by atoms with Crippen molar-refractivity contribution in [2.75, 3.05) is 47.8 Å². The number of carbonyl (C=O) groups is 1. The molecule has 1 aliphatic heterocycles. The van der Waals surface area contributed by atoms with E-state index in [4.69, 9.17) is 4.74 Å². The summed E-state index contributed by atoms with van der Waals surface area (Å²) in [5, 5.41) is 9.88. The van der Waals surface area contributed by atoms with E-state index in [0.717, 1.165) is 22.6 Å². The number of methoxy groups -OCH3 is 1. The van der Waals surface area contributed by atoms with Gasteiger partial charge < -0.3 is 19.6 Å². The lowest BCUT2D eigenvalue weighted by Gasteiger charge is -2.38. The molecule has 2 N–H and O–H groups in total. The number of carboxylic acids is 1. The second-order valence-electron chi connectivity index (χ2n) is 8.61. The molecule has 0 amide bonds. The molecule has 0 saturated carbocycles. The molecule has 0 aliphatic carbocycles. The Morgan fingerprint density at radius 2 is 1.49 bits per heavy atom. The van der Waals surface area contributed by atoms with Gasteiger partial charge in [0.1, 0.15) is 5.75 Å². The van der Waals surface area contributed by atoms with E-state index >= 15 is 0 Å². The van der Waals surface area contributed by atoms with Gasteiger partial charge in [0.15, 0.2) is 0 Å². The maximum atomic E-state index is 12.9. The number of para-hydroxylation sites is 2. The molecule has 0 atom stereocenters. The number of nitrogens with zero attached hydrogens (tertiary/aromatic N) is 2. The van der Waals surface area contributed by atoms with Crippen LogP contribution in [0.5, 0.6) is 5.75 Å². The molecular weight excluding hydrogens is 466 g/mol. The SMILES string of the molecule is COc1ccccc1N1CCN(c2ccc(NS(=O)(=O)c3cc(C)cc(C)c3)cc2C(=O)O)CC1. The molecule has 0 unspecified atom stereocenters. The van der Waals surface area contributed by atoms with E-state index in [-0.39, 0.29) is 16.1 Å². The van der Waals surface area contributed by atoms with E-state index < -0.39 is 16.0 Å². The minimum Gasteiger partial charge on any atom is -0.495 e. The summed E-state index contributed by atoms with van der Waals surface area (Å²) in [5.41, 5.74) is 3.49. The predicted octanol–water partition coefficient (Wildman–Crippen LogP) is 4.14. The molecule has 3 aromatic rings. The third kappa shape index (κ3) is 5.35. The lowest BCUT2D eigenvalue weighted by Crippen LogP contribution is -2.47. The number of aryl methyl sites for hydroxylation is 2. The van der Waals surface area contributed by atoms with Gasteiger partial charge in [0.25, 0.3) is 10.0 Å². The van der Waals surface area contributed by atoms with E-state index in [1.165, 1.54) is 6.07 Å². The van der Waals surface area contributed by atoms with Crippen LogP contribution in [0, 0.1) is 13.8 Å². The number of aromatic carboxylic acids is 1. The number of rotatable bonds is 7. The molecule has 8 nitrogen and oxygen atoms in total. The minimum atomic E-state index is -3.86. The van der Waals surface area contributed by atoms with Crippen molar-refractivity contribution in [3.63, 3.8) is 0 Å². The average Bonchev–Trinajstić information content (AvgIpc) is 2.83. The molecule has 3 aromatic carbocycles. The number of ether oxygens (including phenoxy) is 1. The topological polar surface area (TPSA) is 99.2 Å². The Morgan fingerprint density at radius 1 is 0.886 bits per heavy atom. The van der Waals surface area contributed by atoms with Crippen molar-refractivity contribution in [3.8, 4) is 5.75 Å². The zero-order valence-electron chi connectivity index (χ0n) is 20.0. The molecule has 0 spiro atoms. The van der Waals surface area contributed by atoms with Crippen molar-refractivity contribution in [2.45, 2.75) is 18.7 Å². The fraction of sp³-hybridized carbons (Fsp3) is 0.269.